The van der Waals surface area contributed by atoms with E-state index in [0.717, 1.165) is 37.2 Å². The molecule has 3 nitrogen and oxygen atoms in total. The maximum absolute atomic E-state index is 5.89. The van der Waals surface area contributed by atoms with Gasteiger partial charge in [0.15, 0.2) is 0 Å². The summed E-state index contributed by atoms with van der Waals surface area (Å²) in [7, 11) is 2.13. The molecule has 2 aromatic rings. The highest BCUT2D eigenvalue weighted by Crippen LogP contribution is 2.21. The summed E-state index contributed by atoms with van der Waals surface area (Å²) in [5.41, 5.74) is 2.63. The lowest BCUT2D eigenvalue weighted by atomic mass is 10.2. The van der Waals surface area contributed by atoms with Crippen LogP contribution >= 0.6 is 0 Å². The molecule has 0 radical (unpaired) electrons. The van der Waals surface area contributed by atoms with E-state index in [2.05, 4.69) is 60.6 Å². The second-order valence-electron chi connectivity index (χ2n) is 6.11. The number of hydrogen-bond donors (Lipinski definition) is 1. The van der Waals surface area contributed by atoms with Crippen LogP contribution in [0.1, 0.15) is 35.5 Å². The monoisotopic (exact) mass is 284 g/mol. The number of aryl methyl sites for hydroxylation is 1. The SMILES string of the molecule is Cc1oc(CN(C)Cc2ccccc2)cc1CNC1CC1. The largest absolute Gasteiger partial charge is 0.465 e. The molecule has 21 heavy (non-hydrogen) atoms. The van der Waals surface area contributed by atoms with Crippen molar-refractivity contribution in [3.05, 3.63) is 59.0 Å². The summed E-state index contributed by atoms with van der Waals surface area (Å²) in [5.74, 6) is 2.10. The molecule has 1 N–H and O–H groups in total. The van der Waals surface area contributed by atoms with Crippen LogP contribution in [0.3, 0.4) is 0 Å². The van der Waals surface area contributed by atoms with Crippen LogP contribution in [0.25, 0.3) is 0 Å². The van der Waals surface area contributed by atoms with E-state index in [1.807, 2.05) is 0 Å². The van der Waals surface area contributed by atoms with Crippen molar-refractivity contribution in [2.75, 3.05) is 7.05 Å². The molecular formula is C18H24N2O. The third kappa shape index (κ3) is 4.19. The van der Waals surface area contributed by atoms with Gasteiger partial charge in [0.25, 0.3) is 0 Å². The quantitative estimate of drug-likeness (QED) is 0.844. The molecular weight excluding hydrogens is 260 g/mol. The van der Waals surface area contributed by atoms with Gasteiger partial charge < -0.3 is 9.73 Å². The summed E-state index contributed by atoms with van der Waals surface area (Å²) in [4.78, 5) is 2.28. The van der Waals surface area contributed by atoms with E-state index in [-0.39, 0.29) is 0 Å². The van der Waals surface area contributed by atoms with Crippen LogP contribution in [-0.4, -0.2) is 18.0 Å². The van der Waals surface area contributed by atoms with Crippen molar-refractivity contribution < 1.29 is 4.42 Å². The summed E-state index contributed by atoms with van der Waals surface area (Å²) in [6, 6.07) is 13.5. The summed E-state index contributed by atoms with van der Waals surface area (Å²) in [5, 5.41) is 3.55. The van der Waals surface area contributed by atoms with Gasteiger partial charge in [-0.05, 0) is 38.4 Å². The van der Waals surface area contributed by atoms with Crippen LogP contribution in [0.5, 0.6) is 0 Å². The van der Waals surface area contributed by atoms with Crippen molar-refractivity contribution in [3.63, 3.8) is 0 Å². The summed E-state index contributed by atoms with van der Waals surface area (Å²) < 4.78 is 5.89. The molecule has 3 rings (SSSR count). The molecule has 3 heteroatoms. The Balaban J connectivity index is 1.55. The van der Waals surface area contributed by atoms with Crippen LogP contribution in [0.4, 0.5) is 0 Å². The van der Waals surface area contributed by atoms with Crippen molar-refractivity contribution in [2.24, 2.45) is 0 Å². The van der Waals surface area contributed by atoms with E-state index in [4.69, 9.17) is 4.42 Å². The van der Waals surface area contributed by atoms with Gasteiger partial charge in [0.2, 0.25) is 0 Å². The Bertz CT molecular complexity index is 572. The van der Waals surface area contributed by atoms with Crippen molar-refractivity contribution in [3.8, 4) is 0 Å². The second-order valence-corrected chi connectivity index (χ2v) is 6.11. The molecule has 112 valence electrons. The first-order chi connectivity index (χ1) is 10.2. The molecule has 0 unspecified atom stereocenters. The van der Waals surface area contributed by atoms with E-state index in [1.54, 1.807) is 0 Å². The lowest BCUT2D eigenvalue weighted by molar-refractivity contribution is 0.285. The zero-order valence-corrected chi connectivity index (χ0v) is 12.9. The molecule has 0 spiro atoms. The Morgan fingerprint density at radius 2 is 1.95 bits per heavy atom. The van der Waals surface area contributed by atoms with Crippen molar-refractivity contribution in [1.82, 2.24) is 10.2 Å². The minimum atomic E-state index is 0.739. The Labute approximate surface area is 127 Å². The van der Waals surface area contributed by atoms with Crippen LogP contribution in [0.2, 0.25) is 0 Å². The first kappa shape index (κ1) is 14.4. The van der Waals surface area contributed by atoms with E-state index in [9.17, 15) is 0 Å². The Hall–Kier alpha value is -1.58. The maximum atomic E-state index is 5.89. The number of rotatable bonds is 7. The zero-order valence-electron chi connectivity index (χ0n) is 12.9. The molecule has 0 aliphatic heterocycles. The molecule has 1 fully saturated rings. The van der Waals surface area contributed by atoms with Gasteiger partial charge in [-0.2, -0.15) is 0 Å². The van der Waals surface area contributed by atoms with Gasteiger partial charge in [-0.15, -0.1) is 0 Å². The Morgan fingerprint density at radius 3 is 2.67 bits per heavy atom. The molecule has 0 atom stereocenters. The normalized spacial score (nSPS) is 14.8. The van der Waals surface area contributed by atoms with Gasteiger partial charge in [0.05, 0.1) is 6.54 Å². The highest BCUT2D eigenvalue weighted by molar-refractivity contribution is 5.21. The van der Waals surface area contributed by atoms with Crippen LogP contribution in [-0.2, 0) is 19.6 Å². The molecule has 0 amide bonds. The van der Waals surface area contributed by atoms with Crippen molar-refractivity contribution in [2.45, 2.75) is 45.4 Å². The number of nitrogens with one attached hydrogen (secondary N) is 1. The lowest BCUT2D eigenvalue weighted by Crippen LogP contribution is -2.17. The predicted molar refractivity (Wildman–Crippen MR) is 84.9 cm³/mol. The smallest absolute Gasteiger partial charge is 0.118 e. The molecule has 1 aromatic heterocycles. The third-order valence-corrected chi connectivity index (χ3v) is 3.95. The van der Waals surface area contributed by atoms with E-state index in [1.165, 1.54) is 24.0 Å². The minimum absolute atomic E-state index is 0.739. The Morgan fingerprint density at radius 1 is 1.19 bits per heavy atom. The van der Waals surface area contributed by atoms with Crippen molar-refractivity contribution >= 4 is 0 Å². The average molecular weight is 284 g/mol. The zero-order chi connectivity index (χ0) is 14.7. The van der Waals surface area contributed by atoms with E-state index >= 15 is 0 Å². The van der Waals surface area contributed by atoms with Gasteiger partial charge in [-0.1, -0.05) is 30.3 Å². The average Bonchev–Trinajstić information content (AvgIpc) is 3.22. The third-order valence-electron chi connectivity index (χ3n) is 3.95. The summed E-state index contributed by atoms with van der Waals surface area (Å²) >= 11 is 0. The van der Waals surface area contributed by atoms with E-state index < -0.39 is 0 Å². The molecule has 1 saturated carbocycles. The highest BCUT2D eigenvalue weighted by atomic mass is 16.3. The Kier molecular flexibility index (Phi) is 4.42. The molecule has 1 aliphatic rings. The van der Waals surface area contributed by atoms with Gasteiger partial charge >= 0.3 is 0 Å². The van der Waals surface area contributed by atoms with Gasteiger partial charge in [-0.25, -0.2) is 0 Å². The van der Waals surface area contributed by atoms with Crippen LogP contribution in [0, 0.1) is 6.92 Å². The topological polar surface area (TPSA) is 28.4 Å². The van der Waals surface area contributed by atoms with Gasteiger partial charge in [0, 0.05) is 24.7 Å². The number of nitrogens with zero attached hydrogens (tertiary/aromatic N) is 1. The standard InChI is InChI=1S/C18H24N2O/c1-14-16(11-19-17-8-9-17)10-18(21-14)13-20(2)12-15-6-4-3-5-7-15/h3-7,10,17,19H,8-9,11-13H2,1-2H3. The second kappa shape index (κ2) is 6.46. The van der Waals surface area contributed by atoms with Crippen LogP contribution < -0.4 is 5.32 Å². The maximum Gasteiger partial charge on any atom is 0.118 e. The fraction of sp³-hybridized carbons (Fsp3) is 0.444. The first-order valence-corrected chi connectivity index (χ1v) is 7.75. The minimum Gasteiger partial charge on any atom is -0.465 e. The molecule has 1 aliphatic carbocycles. The fourth-order valence-corrected chi connectivity index (χ4v) is 2.60. The molecule has 0 bridgehead atoms. The molecule has 0 saturated heterocycles. The van der Waals surface area contributed by atoms with E-state index in [0.29, 0.717) is 0 Å². The fourth-order valence-electron chi connectivity index (χ4n) is 2.60. The van der Waals surface area contributed by atoms with Crippen LogP contribution in [0.15, 0.2) is 40.8 Å². The van der Waals surface area contributed by atoms with Gasteiger partial charge in [-0.3, -0.25) is 4.90 Å². The highest BCUT2D eigenvalue weighted by Gasteiger charge is 2.21. The van der Waals surface area contributed by atoms with Crippen molar-refractivity contribution in [1.29, 1.82) is 0 Å². The number of benzene rings is 1. The first-order valence-electron chi connectivity index (χ1n) is 7.75. The summed E-state index contributed by atoms with van der Waals surface area (Å²) in [6.07, 6.45) is 2.65. The van der Waals surface area contributed by atoms with Gasteiger partial charge in [0.1, 0.15) is 11.5 Å². The summed E-state index contributed by atoms with van der Waals surface area (Å²) in [6.45, 7) is 4.78. The molecule has 1 aromatic carbocycles. The number of hydrogen-bond acceptors (Lipinski definition) is 3. The molecule has 1 heterocycles. The number of furan rings is 1. The lowest BCUT2D eigenvalue weighted by Gasteiger charge is -2.14. The predicted octanol–water partition coefficient (Wildman–Crippen LogP) is 3.47.